The lowest BCUT2D eigenvalue weighted by atomic mass is 9.98. The summed E-state index contributed by atoms with van der Waals surface area (Å²) in [4.78, 5) is 11.2. The van der Waals surface area contributed by atoms with Gasteiger partial charge >= 0.3 is 5.97 Å². The molecule has 0 aliphatic heterocycles. The monoisotopic (exact) mass is 250 g/mol. The van der Waals surface area contributed by atoms with Crippen molar-refractivity contribution < 1.29 is 13.9 Å². The van der Waals surface area contributed by atoms with Crippen molar-refractivity contribution in [3.63, 3.8) is 0 Å². The Balaban J connectivity index is 3.21. The number of hydrogen-bond acceptors (Lipinski definition) is 2. The van der Waals surface area contributed by atoms with E-state index in [1.54, 1.807) is 0 Å². The standard InChI is InChI=1S/C10H9Cl2FO2/c1-10(13,9(14)15-2)7-4-3-6(11)5-8(7)12/h3-5H,1-2H3. The highest BCUT2D eigenvalue weighted by Gasteiger charge is 2.38. The van der Waals surface area contributed by atoms with E-state index in [0.29, 0.717) is 5.02 Å². The zero-order chi connectivity index (χ0) is 11.6. The van der Waals surface area contributed by atoms with Gasteiger partial charge in [0.1, 0.15) is 0 Å². The van der Waals surface area contributed by atoms with E-state index in [4.69, 9.17) is 23.2 Å². The van der Waals surface area contributed by atoms with Crippen molar-refractivity contribution in [3.8, 4) is 0 Å². The minimum Gasteiger partial charge on any atom is -0.466 e. The number of rotatable bonds is 2. The smallest absolute Gasteiger partial charge is 0.348 e. The van der Waals surface area contributed by atoms with Gasteiger partial charge in [-0.15, -0.1) is 0 Å². The van der Waals surface area contributed by atoms with Gasteiger partial charge in [-0.2, -0.15) is 0 Å². The molecule has 82 valence electrons. The SMILES string of the molecule is COC(=O)C(C)(F)c1ccc(Cl)cc1Cl. The normalized spacial score (nSPS) is 14.5. The highest BCUT2D eigenvalue weighted by molar-refractivity contribution is 6.35. The highest BCUT2D eigenvalue weighted by atomic mass is 35.5. The van der Waals surface area contributed by atoms with Crippen LogP contribution in [0.2, 0.25) is 10.0 Å². The van der Waals surface area contributed by atoms with Crippen LogP contribution in [-0.4, -0.2) is 13.1 Å². The van der Waals surface area contributed by atoms with E-state index in [9.17, 15) is 9.18 Å². The van der Waals surface area contributed by atoms with Crippen molar-refractivity contribution in [2.24, 2.45) is 0 Å². The first-order valence-corrected chi connectivity index (χ1v) is 4.88. The number of carbonyl (C=O) groups is 1. The molecule has 0 spiro atoms. The molecule has 1 unspecified atom stereocenters. The predicted octanol–water partition coefficient (Wildman–Crippen LogP) is 3.35. The lowest BCUT2D eigenvalue weighted by Crippen LogP contribution is -2.29. The fourth-order valence-electron chi connectivity index (χ4n) is 1.17. The van der Waals surface area contributed by atoms with Crippen LogP contribution in [0.5, 0.6) is 0 Å². The van der Waals surface area contributed by atoms with Gasteiger partial charge in [-0.25, -0.2) is 9.18 Å². The Morgan fingerprint density at radius 3 is 2.53 bits per heavy atom. The summed E-state index contributed by atoms with van der Waals surface area (Å²) >= 11 is 11.4. The van der Waals surface area contributed by atoms with E-state index in [0.717, 1.165) is 14.0 Å². The zero-order valence-corrected chi connectivity index (χ0v) is 9.69. The summed E-state index contributed by atoms with van der Waals surface area (Å²) in [5.74, 6) is -0.994. The Morgan fingerprint density at radius 2 is 2.07 bits per heavy atom. The van der Waals surface area contributed by atoms with E-state index in [2.05, 4.69) is 4.74 Å². The molecule has 0 radical (unpaired) electrons. The third-order valence-corrected chi connectivity index (χ3v) is 2.55. The molecule has 0 aliphatic carbocycles. The number of halogens is 3. The molecule has 0 aliphatic rings. The van der Waals surface area contributed by atoms with Crippen molar-refractivity contribution >= 4 is 29.2 Å². The molecular formula is C10H9Cl2FO2. The average Bonchev–Trinajstić information content (AvgIpc) is 2.15. The fraction of sp³-hybridized carbons (Fsp3) is 0.300. The highest BCUT2D eigenvalue weighted by Crippen LogP contribution is 2.34. The first-order valence-electron chi connectivity index (χ1n) is 4.12. The molecule has 2 nitrogen and oxygen atoms in total. The number of ether oxygens (including phenoxy) is 1. The maximum Gasteiger partial charge on any atom is 0.348 e. The third-order valence-electron chi connectivity index (χ3n) is 2.01. The lowest BCUT2D eigenvalue weighted by Gasteiger charge is -2.19. The van der Waals surface area contributed by atoms with Gasteiger partial charge in [0, 0.05) is 15.6 Å². The van der Waals surface area contributed by atoms with Crippen LogP contribution >= 0.6 is 23.2 Å². The first-order chi connectivity index (χ1) is 6.89. The molecule has 1 aromatic carbocycles. The second-order valence-corrected chi connectivity index (χ2v) is 3.96. The Hall–Kier alpha value is -0.800. The fourth-order valence-corrected chi connectivity index (χ4v) is 1.76. The van der Waals surface area contributed by atoms with Gasteiger partial charge in [0.25, 0.3) is 0 Å². The van der Waals surface area contributed by atoms with E-state index >= 15 is 0 Å². The summed E-state index contributed by atoms with van der Waals surface area (Å²) in [5.41, 5.74) is -2.23. The topological polar surface area (TPSA) is 26.3 Å². The lowest BCUT2D eigenvalue weighted by molar-refractivity contribution is -0.154. The summed E-state index contributed by atoms with van der Waals surface area (Å²) in [6, 6.07) is 4.20. The van der Waals surface area contributed by atoms with Crippen LogP contribution in [0.25, 0.3) is 0 Å². The number of esters is 1. The molecule has 5 heteroatoms. The van der Waals surface area contributed by atoms with Crippen LogP contribution in [0, 0.1) is 0 Å². The molecule has 0 heterocycles. The maximum atomic E-state index is 14.0. The largest absolute Gasteiger partial charge is 0.466 e. The molecule has 0 saturated heterocycles. The van der Waals surface area contributed by atoms with Crippen LogP contribution < -0.4 is 0 Å². The molecule has 0 fully saturated rings. The van der Waals surface area contributed by atoms with Crippen LogP contribution in [0.1, 0.15) is 12.5 Å². The molecule has 0 N–H and O–H groups in total. The zero-order valence-electron chi connectivity index (χ0n) is 8.18. The molecule has 0 aromatic heterocycles. The number of carbonyl (C=O) groups excluding carboxylic acids is 1. The molecule has 0 saturated carbocycles. The number of alkyl halides is 1. The summed E-state index contributed by atoms with van der Waals surface area (Å²) in [7, 11) is 1.12. The molecule has 0 bridgehead atoms. The third kappa shape index (κ3) is 2.41. The van der Waals surface area contributed by atoms with Crippen molar-refractivity contribution in [3.05, 3.63) is 33.8 Å². The Kier molecular flexibility index (Phi) is 3.58. The van der Waals surface area contributed by atoms with Gasteiger partial charge in [0.05, 0.1) is 7.11 Å². The summed E-state index contributed by atoms with van der Waals surface area (Å²) in [6.45, 7) is 1.09. The number of methoxy groups -OCH3 is 1. The molecular weight excluding hydrogens is 242 g/mol. The van der Waals surface area contributed by atoms with Crippen LogP contribution in [0.4, 0.5) is 4.39 Å². The molecule has 1 aromatic rings. The molecule has 0 amide bonds. The number of hydrogen-bond donors (Lipinski definition) is 0. The van der Waals surface area contributed by atoms with Crippen molar-refractivity contribution in [1.29, 1.82) is 0 Å². The molecule has 1 atom stereocenters. The van der Waals surface area contributed by atoms with Crippen LogP contribution in [0.15, 0.2) is 18.2 Å². The Labute approximate surface area is 96.9 Å². The van der Waals surface area contributed by atoms with E-state index in [1.807, 2.05) is 0 Å². The second kappa shape index (κ2) is 4.37. The second-order valence-electron chi connectivity index (χ2n) is 3.12. The minimum atomic E-state index is -2.27. The van der Waals surface area contributed by atoms with Gasteiger partial charge in [-0.3, -0.25) is 0 Å². The van der Waals surface area contributed by atoms with Gasteiger partial charge < -0.3 is 4.74 Å². The Morgan fingerprint density at radius 1 is 1.47 bits per heavy atom. The summed E-state index contributed by atoms with van der Waals surface area (Å²) in [6.07, 6.45) is 0. The van der Waals surface area contributed by atoms with E-state index in [1.165, 1.54) is 18.2 Å². The van der Waals surface area contributed by atoms with Gasteiger partial charge in [-0.1, -0.05) is 29.3 Å². The molecule has 1 rings (SSSR count). The van der Waals surface area contributed by atoms with Gasteiger partial charge in [0.2, 0.25) is 5.67 Å². The van der Waals surface area contributed by atoms with Gasteiger partial charge in [0.15, 0.2) is 0 Å². The van der Waals surface area contributed by atoms with Crippen LogP contribution in [0.3, 0.4) is 0 Å². The summed E-state index contributed by atoms with van der Waals surface area (Å²) in [5, 5.41) is 0.474. The van der Waals surface area contributed by atoms with E-state index in [-0.39, 0.29) is 10.6 Å². The maximum absolute atomic E-state index is 14.0. The predicted molar refractivity (Wildman–Crippen MR) is 56.9 cm³/mol. The van der Waals surface area contributed by atoms with Crippen molar-refractivity contribution in [2.75, 3.05) is 7.11 Å². The van der Waals surface area contributed by atoms with Crippen LogP contribution in [-0.2, 0) is 15.2 Å². The van der Waals surface area contributed by atoms with Crippen molar-refractivity contribution in [2.45, 2.75) is 12.6 Å². The van der Waals surface area contributed by atoms with E-state index < -0.39 is 11.6 Å². The molecule has 15 heavy (non-hydrogen) atoms. The first kappa shape index (κ1) is 12.3. The number of benzene rings is 1. The summed E-state index contributed by atoms with van der Waals surface area (Å²) < 4.78 is 18.4. The van der Waals surface area contributed by atoms with Gasteiger partial charge in [-0.05, 0) is 19.1 Å². The van der Waals surface area contributed by atoms with Crippen molar-refractivity contribution in [1.82, 2.24) is 0 Å². The minimum absolute atomic E-state index is 0.0421. The Bertz CT molecular complexity index is 391. The quantitative estimate of drug-likeness (QED) is 0.753. The average molecular weight is 251 g/mol.